The number of ether oxygens (including phenoxy) is 1. The molecule has 1 aromatic heterocycles. The number of anilines is 1. The third-order valence-electron chi connectivity index (χ3n) is 5.68. The van der Waals surface area contributed by atoms with Gasteiger partial charge in [-0.1, -0.05) is 30.6 Å². The minimum atomic E-state index is -0.772. The van der Waals surface area contributed by atoms with Crippen molar-refractivity contribution in [3.05, 3.63) is 5.01 Å². The maximum Gasteiger partial charge on any atom is 0.327 e. The number of aromatic nitrogens is 2. The van der Waals surface area contributed by atoms with Crippen LogP contribution in [0.2, 0.25) is 0 Å². The second-order valence-electron chi connectivity index (χ2n) is 7.32. The Bertz CT molecular complexity index is 754. The molecule has 2 saturated heterocycles. The zero-order valence-electron chi connectivity index (χ0n) is 15.3. The summed E-state index contributed by atoms with van der Waals surface area (Å²) in [7, 11) is 1.65. The first-order chi connectivity index (χ1) is 13.0. The average molecular weight is 393 g/mol. The van der Waals surface area contributed by atoms with E-state index in [1.54, 1.807) is 7.05 Å². The maximum atomic E-state index is 12.9. The molecule has 3 fully saturated rings. The van der Waals surface area contributed by atoms with Crippen molar-refractivity contribution in [3.8, 4) is 0 Å². The van der Waals surface area contributed by atoms with E-state index in [9.17, 15) is 14.4 Å². The van der Waals surface area contributed by atoms with E-state index >= 15 is 0 Å². The number of urea groups is 1. The molecule has 0 radical (unpaired) electrons. The molecule has 1 atom stereocenters. The monoisotopic (exact) mass is 393 g/mol. The van der Waals surface area contributed by atoms with Crippen LogP contribution in [-0.4, -0.2) is 63.6 Å². The zero-order chi connectivity index (χ0) is 19.0. The normalized spacial score (nSPS) is 24.9. The molecule has 2 aliphatic heterocycles. The Hall–Kier alpha value is -2.07. The van der Waals surface area contributed by atoms with Crippen LogP contribution in [-0.2, 0) is 14.3 Å². The minimum absolute atomic E-state index is 0.0605. The van der Waals surface area contributed by atoms with E-state index in [-0.39, 0.29) is 18.6 Å². The van der Waals surface area contributed by atoms with Gasteiger partial charge in [0.2, 0.25) is 11.0 Å². The van der Waals surface area contributed by atoms with Crippen LogP contribution >= 0.6 is 11.3 Å². The highest BCUT2D eigenvalue weighted by atomic mass is 32.1. The lowest BCUT2D eigenvalue weighted by molar-refractivity contribution is -0.136. The lowest BCUT2D eigenvalue weighted by Gasteiger charge is -2.35. The van der Waals surface area contributed by atoms with E-state index in [1.165, 1.54) is 16.2 Å². The number of amides is 4. The summed E-state index contributed by atoms with van der Waals surface area (Å²) in [6.45, 7) is 0.402. The Morgan fingerprint density at radius 3 is 2.74 bits per heavy atom. The Labute approximate surface area is 161 Å². The van der Waals surface area contributed by atoms with E-state index in [0.29, 0.717) is 24.6 Å². The molecule has 146 valence electrons. The summed E-state index contributed by atoms with van der Waals surface area (Å²) in [6.07, 6.45) is 6.05. The molecule has 3 aliphatic rings. The van der Waals surface area contributed by atoms with Crippen molar-refractivity contribution < 1.29 is 19.1 Å². The largest absolute Gasteiger partial charge is 0.371 e. The minimum Gasteiger partial charge on any atom is -0.371 e. The molecule has 0 bridgehead atoms. The van der Waals surface area contributed by atoms with Crippen LogP contribution in [0.25, 0.3) is 0 Å². The predicted molar refractivity (Wildman–Crippen MR) is 97.2 cm³/mol. The Morgan fingerprint density at radius 1 is 1.26 bits per heavy atom. The van der Waals surface area contributed by atoms with Gasteiger partial charge < -0.3 is 9.64 Å². The van der Waals surface area contributed by atoms with Crippen molar-refractivity contribution in [2.45, 2.75) is 56.6 Å². The quantitative estimate of drug-likeness (QED) is 0.784. The van der Waals surface area contributed by atoms with E-state index in [1.807, 2.05) is 0 Å². The highest BCUT2D eigenvalue weighted by molar-refractivity contribution is 7.15. The standard InChI is InChI=1S/C17H23N5O4S/c1-21-16(25)22(14(24)17(21)7-3-2-4-8-17)10-12(23)18-15-20-19-13(27-15)11-6-5-9-26-11/h11H,2-10H2,1H3,(H,18,20,23)/t11-/m0/s1. The molecule has 0 aromatic carbocycles. The van der Waals surface area contributed by atoms with Gasteiger partial charge in [-0.05, 0) is 25.7 Å². The number of carbonyl (C=O) groups is 3. The highest BCUT2D eigenvalue weighted by Crippen LogP contribution is 2.39. The molecule has 9 nitrogen and oxygen atoms in total. The fraction of sp³-hybridized carbons (Fsp3) is 0.706. The first-order valence-corrected chi connectivity index (χ1v) is 10.2. The van der Waals surface area contributed by atoms with Gasteiger partial charge in [-0.3, -0.25) is 19.8 Å². The van der Waals surface area contributed by atoms with Gasteiger partial charge >= 0.3 is 6.03 Å². The van der Waals surface area contributed by atoms with E-state index in [2.05, 4.69) is 15.5 Å². The molecule has 1 spiro atoms. The fourth-order valence-electron chi connectivity index (χ4n) is 4.16. The van der Waals surface area contributed by atoms with Crippen molar-refractivity contribution in [2.24, 2.45) is 0 Å². The predicted octanol–water partition coefficient (Wildman–Crippen LogP) is 1.92. The summed E-state index contributed by atoms with van der Waals surface area (Å²) in [5, 5.41) is 11.8. The van der Waals surface area contributed by atoms with Gasteiger partial charge in [0.15, 0.2) is 0 Å². The maximum absolute atomic E-state index is 12.9. The third kappa shape index (κ3) is 3.20. The van der Waals surface area contributed by atoms with Gasteiger partial charge in [0, 0.05) is 13.7 Å². The van der Waals surface area contributed by atoms with Crippen LogP contribution < -0.4 is 5.32 Å². The number of nitrogens with zero attached hydrogens (tertiary/aromatic N) is 4. The summed E-state index contributed by atoms with van der Waals surface area (Å²) in [4.78, 5) is 40.4. The first kappa shape index (κ1) is 18.3. The molecule has 3 heterocycles. The van der Waals surface area contributed by atoms with Crippen molar-refractivity contribution in [3.63, 3.8) is 0 Å². The number of hydrogen-bond acceptors (Lipinski definition) is 7. The molecule has 1 saturated carbocycles. The molecule has 1 aliphatic carbocycles. The summed E-state index contributed by atoms with van der Waals surface area (Å²) >= 11 is 1.26. The number of likely N-dealkylation sites (N-methyl/N-ethyl adjacent to an activating group) is 1. The molecular formula is C17H23N5O4S. The van der Waals surface area contributed by atoms with Gasteiger partial charge in [0.1, 0.15) is 23.2 Å². The van der Waals surface area contributed by atoms with Crippen molar-refractivity contribution in [1.82, 2.24) is 20.0 Å². The second-order valence-corrected chi connectivity index (χ2v) is 8.33. The molecule has 1 N–H and O–H groups in total. The second kappa shape index (κ2) is 7.16. The van der Waals surface area contributed by atoms with Crippen LogP contribution in [0.4, 0.5) is 9.93 Å². The molecule has 10 heteroatoms. The van der Waals surface area contributed by atoms with Crippen molar-refractivity contribution in [1.29, 1.82) is 0 Å². The van der Waals surface area contributed by atoms with Crippen LogP contribution in [0.15, 0.2) is 0 Å². The van der Waals surface area contributed by atoms with E-state index in [0.717, 1.165) is 42.0 Å². The molecule has 27 heavy (non-hydrogen) atoms. The lowest BCUT2D eigenvalue weighted by atomic mass is 9.81. The number of imide groups is 1. The molecule has 1 aromatic rings. The van der Waals surface area contributed by atoms with Gasteiger partial charge in [-0.25, -0.2) is 4.79 Å². The number of rotatable bonds is 4. The number of carbonyl (C=O) groups excluding carboxylic acids is 3. The smallest absolute Gasteiger partial charge is 0.327 e. The first-order valence-electron chi connectivity index (χ1n) is 9.36. The lowest BCUT2D eigenvalue weighted by Crippen LogP contribution is -2.49. The SMILES string of the molecule is CN1C(=O)N(CC(=O)Nc2nnc([C@@H]3CCCO3)s2)C(=O)C12CCCCC2. The molecule has 0 unspecified atom stereocenters. The molecule has 4 rings (SSSR count). The van der Waals surface area contributed by atoms with Crippen molar-refractivity contribution in [2.75, 3.05) is 25.5 Å². The zero-order valence-corrected chi connectivity index (χ0v) is 16.1. The summed E-state index contributed by atoms with van der Waals surface area (Å²) in [6, 6.07) is -0.408. The van der Waals surface area contributed by atoms with Crippen LogP contribution in [0, 0.1) is 0 Å². The Kier molecular flexibility index (Phi) is 4.85. The molecular weight excluding hydrogens is 370 g/mol. The summed E-state index contributed by atoms with van der Waals surface area (Å²) < 4.78 is 5.56. The third-order valence-corrected chi connectivity index (χ3v) is 6.61. The van der Waals surface area contributed by atoms with Crippen LogP contribution in [0.3, 0.4) is 0 Å². The highest BCUT2D eigenvalue weighted by Gasteiger charge is 2.55. The van der Waals surface area contributed by atoms with Gasteiger partial charge in [-0.15, -0.1) is 10.2 Å². The molecule has 4 amide bonds. The fourth-order valence-corrected chi connectivity index (χ4v) is 5.00. The number of hydrogen-bond donors (Lipinski definition) is 1. The Balaban J connectivity index is 1.40. The van der Waals surface area contributed by atoms with Crippen LogP contribution in [0.5, 0.6) is 0 Å². The van der Waals surface area contributed by atoms with Gasteiger partial charge in [0.05, 0.1) is 0 Å². The summed E-state index contributed by atoms with van der Waals surface area (Å²) in [5.41, 5.74) is -0.772. The van der Waals surface area contributed by atoms with Gasteiger partial charge in [0.25, 0.3) is 5.91 Å². The average Bonchev–Trinajstić information content (AvgIpc) is 3.39. The van der Waals surface area contributed by atoms with E-state index in [4.69, 9.17) is 4.74 Å². The Morgan fingerprint density at radius 2 is 2.04 bits per heavy atom. The van der Waals surface area contributed by atoms with E-state index < -0.39 is 17.5 Å². The summed E-state index contributed by atoms with van der Waals surface area (Å²) in [5.74, 6) is -0.713. The number of nitrogens with one attached hydrogen (secondary N) is 1. The topological polar surface area (TPSA) is 105 Å². The van der Waals surface area contributed by atoms with Crippen molar-refractivity contribution >= 4 is 34.3 Å². The van der Waals surface area contributed by atoms with Gasteiger partial charge in [-0.2, -0.15) is 0 Å². The van der Waals surface area contributed by atoms with Crippen LogP contribution in [0.1, 0.15) is 56.1 Å².